The molecule has 0 aromatic heterocycles. The molecule has 3 saturated heterocycles. The average molecular weight is 730 g/mol. The number of anilines is 1. The number of nitrogen functional groups attached to an aromatic ring is 1. The Labute approximate surface area is 282 Å². The van der Waals surface area contributed by atoms with E-state index in [0.29, 0.717) is 19.4 Å². The van der Waals surface area contributed by atoms with E-state index in [-0.39, 0.29) is 57.6 Å². The van der Waals surface area contributed by atoms with Crippen molar-refractivity contribution >= 4 is 27.4 Å². The molecule has 0 bridgehead atoms. The lowest BCUT2D eigenvalue weighted by Crippen LogP contribution is -3.00. The van der Waals surface area contributed by atoms with Crippen LogP contribution in [0.5, 0.6) is 5.75 Å². The summed E-state index contributed by atoms with van der Waals surface area (Å²) >= 11 is 0. The zero-order valence-corrected chi connectivity index (χ0v) is 28.0. The number of sulfone groups is 1. The third-order valence-electron chi connectivity index (χ3n) is 9.37. The Bertz CT molecular complexity index is 1420. The number of carbonyl (C=O) groups excluding carboxylic acids is 1. The third-order valence-corrected chi connectivity index (χ3v) is 11.2. The number of aliphatic hydroxyl groups excluding tert-OH is 6. The predicted octanol–water partition coefficient (Wildman–Crippen LogP) is -6.52. The minimum absolute atomic E-state index is 0. The number of carboxylic acid groups (broad SMARTS) is 1. The summed E-state index contributed by atoms with van der Waals surface area (Å²) in [6.07, 6.45) is -17.3. The molecule has 3 aliphatic rings. The first kappa shape index (κ1) is 40.0. The van der Waals surface area contributed by atoms with Crippen LogP contribution < -0.4 is 28.2 Å². The molecule has 1 amide bonds. The van der Waals surface area contributed by atoms with Crippen LogP contribution in [0.25, 0.3) is 0 Å². The van der Waals surface area contributed by atoms with E-state index in [0.717, 1.165) is 6.07 Å². The fourth-order valence-corrected chi connectivity index (χ4v) is 7.67. The fourth-order valence-electron chi connectivity index (χ4n) is 6.64. The number of ether oxygens (including phenoxy) is 4. The Kier molecular flexibility index (Phi) is 13.1. The number of nitrogens with two attached hydrogens (primary N) is 1. The number of likely N-dealkylation sites (N-methyl/N-ethyl adjacent to an activating group) is 1. The monoisotopic (exact) mass is 729 g/mol. The molecule has 0 radical (unpaired) electrons. The second-order valence-corrected chi connectivity index (χ2v) is 14.1. The minimum atomic E-state index is -3.79. The number of halogens is 1. The number of carboxylic acids is 1. The molecule has 12 unspecified atom stereocenters. The molecule has 1 aromatic carbocycles. The summed E-state index contributed by atoms with van der Waals surface area (Å²) in [6.45, 7) is 3.71. The van der Waals surface area contributed by atoms with Gasteiger partial charge in [0.25, 0.3) is 5.91 Å². The Morgan fingerprint density at radius 3 is 2.27 bits per heavy atom. The van der Waals surface area contributed by atoms with Crippen LogP contribution in [0.1, 0.15) is 37.0 Å². The Morgan fingerprint density at radius 1 is 1.02 bits per heavy atom. The summed E-state index contributed by atoms with van der Waals surface area (Å²) in [5.41, 5.74) is 5.75. The van der Waals surface area contributed by atoms with Crippen LogP contribution in [-0.4, -0.2) is 161 Å². The van der Waals surface area contributed by atoms with Gasteiger partial charge in [0.1, 0.15) is 42.3 Å². The number of aliphatic carboxylic acids is 1. The highest BCUT2D eigenvalue weighted by Crippen LogP contribution is 2.39. The molecule has 48 heavy (non-hydrogen) atoms. The van der Waals surface area contributed by atoms with Gasteiger partial charge in [-0.1, -0.05) is 6.92 Å². The highest BCUT2D eigenvalue weighted by Gasteiger charge is 2.60. The molecule has 4 rings (SSSR count). The Balaban J connectivity index is 0.00000625. The molecule has 274 valence electrons. The number of hydrogen-bond donors (Lipinski definition) is 9. The molecule has 18 nitrogen and oxygen atoms in total. The maximum Gasteiger partial charge on any atom is 0.335 e. The molecular formula is C28H44ClN3O15S. The number of methoxy groups -OCH3 is 1. The largest absolute Gasteiger partial charge is 1.00 e. The summed E-state index contributed by atoms with van der Waals surface area (Å²) in [7, 11) is -2.50. The second-order valence-electron chi connectivity index (χ2n) is 11.9. The number of rotatable bonds is 11. The summed E-state index contributed by atoms with van der Waals surface area (Å²) < 4.78 is 47.3. The summed E-state index contributed by atoms with van der Waals surface area (Å²) in [5.74, 6) is -2.49. The molecule has 0 saturated carbocycles. The first-order chi connectivity index (χ1) is 22.0. The van der Waals surface area contributed by atoms with Crippen molar-refractivity contribution in [3.8, 4) is 5.75 Å². The zero-order valence-electron chi connectivity index (χ0n) is 26.5. The topological polar surface area (TPSA) is 285 Å². The maximum absolute atomic E-state index is 13.5. The highest BCUT2D eigenvalue weighted by molar-refractivity contribution is 7.91. The van der Waals surface area contributed by atoms with Crippen LogP contribution in [0.15, 0.2) is 17.0 Å². The summed E-state index contributed by atoms with van der Waals surface area (Å²) in [5, 5.41) is 75.0. The Morgan fingerprint density at radius 2 is 1.69 bits per heavy atom. The lowest BCUT2D eigenvalue weighted by atomic mass is 9.94. The van der Waals surface area contributed by atoms with E-state index in [1.54, 1.807) is 6.92 Å². The quantitative estimate of drug-likeness (QED) is 0.0756. The van der Waals surface area contributed by atoms with Gasteiger partial charge in [-0.2, -0.15) is 0 Å². The van der Waals surface area contributed by atoms with Crippen molar-refractivity contribution in [2.75, 3.05) is 38.2 Å². The van der Waals surface area contributed by atoms with Crippen molar-refractivity contribution in [2.45, 2.75) is 99.2 Å². The maximum atomic E-state index is 13.5. The van der Waals surface area contributed by atoms with Gasteiger partial charge in [-0.05, 0) is 13.0 Å². The number of hydrogen-bond acceptors (Lipinski definition) is 15. The number of nitrogens with one attached hydrogen (secondary N) is 1. The van der Waals surface area contributed by atoms with Crippen LogP contribution in [0.4, 0.5) is 5.69 Å². The number of nitrogens with zero attached hydrogens (tertiary/aromatic N) is 1. The molecule has 10 N–H and O–H groups in total. The van der Waals surface area contributed by atoms with Gasteiger partial charge in [0.05, 0.1) is 48.6 Å². The molecule has 3 heterocycles. The van der Waals surface area contributed by atoms with Crippen LogP contribution in [-0.2, 0) is 28.8 Å². The van der Waals surface area contributed by atoms with E-state index < -0.39 is 89.3 Å². The SMILES string of the molecule is CC[N+]1(C2OC(C(=O)O)C(O)C(O)C2OC2OC(O)C(O)C(O)C2O)CCCC1CNC(=O)c1cc(S(=O)(=O)CC)c(N)cc1OC.[Cl-]. The standard InChI is InChI=1S/C28H43N3O15S.ClH/c1-4-31(8-6-7-12(31)11-30-24(37)13-9-16(47(41,42)5-2)14(29)10-15(13)43-3)25-22(18(33)19(34)23(44-25)26(38)39)45-28-21(36)17(32)20(35)27(40)46-28;/h9-10,12,17-23,25,27-28,32-36,40H,4-8,11H2,1-3H3,(H3-,29,30,37,38,39);1H. The fraction of sp³-hybridized carbons (Fsp3) is 0.714. The third kappa shape index (κ3) is 7.37. The molecule has 0 spiro atoms. The summed E-state index contributed by atoms with van der Waals surface area (Å²) in [4.78, 5) is 25.3. The Hall–Kier alpha value is -2.40. The van der Waals surface area contributed by atoms with Crippen molar-refractivity contribution in [3.63, 3.8) is 0 Å². The van der Waals surface area contributed by atoms with Gasteiger partial charge in [0.15, 0.2) is 34.6 Å². The minimum Gasteiger partial charge on any atom is -1.00 e. The normalized spacial score (nSPS) is 37.0. The van der Waals surface area contributed by atoms with Gasteiger partial charge in [-0.3, -0.25) is 9.28 Å². The zero-order chi connectivity index (χ0) is 35.0. The number of benzene rings is 1. The van der Waals surface area contributed by atoms with Crippen molar-refractivity contribution in [1.82, 2.24) is 5.32 Å². The molecule has 3 fully saturated rings. The number of aliphatic hydroxyl groups is 6. The van der Waals surface area contributed by atoms with Crippen molar-refractivity contribution in [3.05, 3.63) is 17.7 Å². The second kappa shape index (κ2) is 15.7. The van der Waals surface area contributed by atoms with E-state index in [1.807, 2.05) is 0 Å². The lowest BCUT2D eigenvalue weighted by molar-refractivity contribution is -0.986. The van der Waals surface area contributed by atoms with E-state index in [9.17, 15) is 53.8 Å². The molecular weight excluding hydrogens is 686 g/mol. The number of likely N-dealkylation sites (tertiary alicyclic amines) is 1. The molecule has 1 aromatic rings. The van der Waals surface area contributed by atoms with Gasteiger partial charge in [0, 0.05) is 18.9 Å². The van der Waals surface area contributed by atoms with Crippen LogP contribution in [0.3, 0.4) is 0 Å². The lowest BCUT2D eigenvalue weighted by Gasteiger charge is -2.52. The van der Waals surface area contributed by atoms with E-state index in [1.165, 1.54) is 20.1 Å². The van der Waals surface area contributed by atoms with E-state index in [2.05, 4.69) is 5.32 Å². The average Bonchev–Trinajstić information content (AvgIpc) is 3.46. The smallest absolute Gasteiger partial charge is 0.335 e. The van der Waals surface area contributed by atoms with Crippen LogP contribution in [0, 0.1) is 0 Å². The molecule has 20 heteroatoms. The number of amides is 1. The molecule has 0 aliphatic carbocycles. The predicted molar refractivity (Wildman–Crippen MR) is 158 cm³/mol. The van der Waals surface area contributed by atoms with Crippen LogP contribution in [0.2, 0.25) is 0 Å². The van der Waals surface area contributed by atoms with Crippen molar-refractivity contribution in [1.29, 1.82) is 0 Å². The van der Waals surface area contributed by atoms with Crippen LogP contribution >= 0.6 is 0 Å². The van der Waals surface area contributed by atoms with Crippen molar-refractivity contribution < 1.29 is 89.6 Å². The first-order valence-electron chi connectivity index (χ1n) is 15.2. The molecule has 3 aliphatic heterocycles. The first-order valence-corrected chi connectivity index (χ1v) is 16.8. The van der Waals surface area contributed by atoms with Gasteiger partial charge in [-0.25, -0.2) is 13.2 Å². The van der Waals surface area contributed by atoms with Gasteiger partial charge < -0.3 is 78.2 Å². The van der Waals surface area contributed by atoms with Gasteiger partial charge in [0.2, 0.25) is 6.23 Å². The summed E-state index contributed by atoms with van der Waals surface area (Å²) in [6, 6.07) is 1.87. The number of carbonyl (C=O) groups is 2. The molecule has 12 atom stereocenters. The van der Waals surface area contributed by atoms with E-state index in [4.69, 9.17) is 24.7 Å². The highest BCUT2D eigenvalue weighted by atomic mass is 35.5. The van der Waals surface area contributed by atoms with Gasteiger partial charge in [-0.15, -0.1) is 0 Å². The number of quaternary nitrogens is 1. The van der Waals surface area contributed by atoms with Crippen molar-refractivity contribution in [2.24, 2.45) is 0 Å². The van der Waals surface area contributed by atoms with E-state index >= 15 is 0 Å². The van der Waals surface area contributed by atoms with Gasteiger partial charge >= 0.3 is 5.97 Å².